The highest BCUT2D eigenvalue weighted by Gasteiger charge is 2.18. The SMILES string of the molecule is Cc1ccc(NC(=O)C[C@H]([NH2+]CCCOC(C)C)C(=O)[O-])cc1Cl. The first kappa shape index (κ1) is 20.4. The van der Waals surface area contributed by atoms with Crippen molar-refractivity contribution in [1.29, 1.82) is 0 Å². The van der Waals surface area contributed by atoms with E-state index in [2.05, 4.69) is 5.32 Å². The zero-order valence-electron chi connectivity index (χ0n) is 14.3. The zero-order chi connectivity index (χ0) is 18.1. The van der Waals surface area contributed by atoms with Crippen molar-refractivity contribution in [1.82, 2.24) is 0 Å². The largest absolute Gasteiger partial charge is 0.544 e. The van der Waals surface area contributed by atoms with Crippen molar-refractivity contribution in [2.24, 2.45) is 0 Å². The van der Waals surface area contributed by atoms with E-state index < -0.39 is 12.0 Å². The van der Waals surface area contributed by atoms with Crippen LogP contribution in [0.3, 0.4) is 0 Å². The molecule has 1 amide bonds. The van der Waals surface area contributed by atoms with Crippen LogP contribution < -0.4 is 15.7 Å². The maximum Gasteiger partial charge on any atom is 0.230 e. The minimum atomic E-state index is -1.25. The minimum Gasteiger partial charge on any atom is -0.544 e. The Labute approximate surface area is 147 Å². The van der Waals surface area contributed by atoms with Gasteiger partial charge in [-0.15, -0.1) is 0 Å². The third-order valence-electron chi connectivity index (χ3n) is 3.41. The van der Waals surface area contributed by atoms with Crippen LogP contribution in [0.5, 0.6) is 0 Å². The van der Waals surface area contributed by atoms with Gasteiger partial charge >= 0.3 is 0 Å². The molecular weight excluding hydrogens is 332 g/mol. The predicted octanol–water partition coefficient (Wildman–Crippen LogP) is 0.474. The summed E-state index contributed by atoms with van der Waals surface area (Å²) in [7, 11) is 0. The number of amides is 1. The Balaban J connectivity index is 2.44. The summed E-state index contributed by atoms with van der Waals surface area (Å²) in [6.45, 7) is 6.85. The lowest BCUT2D eigenvalue weighted by Crippen LogP contribution is -2.93. The lowest BCUT2D eigenvalue weighted by atomic mass is 10.1. The number of halogens is 1. The van der Waals surface area contributed by atoms with Gasteiger partial charge in [0.1, 0.15) is 6.04 Å². The number of hydrogen-bond donors (Lipinski definition) is 2. The van der Waals surface area contributed by atoms with E-state index in [4.69, 9.17) is 16.3 Å². The van der Waals surface area contributed by atoms with E-state index in [9.17, 15) is 14.7 Å². The van der Waals surface area contributed by atoms with Crippen molar-refractivity contribution < 1.29 is 24.7 Å². The number of ether oxygens (including phenoxy) is 1. The topological polar surface area (TPSA) is 95.1 Å². The molecule has 1 aromatic rings. The van der Waals surface area contributed by atoms with E-state index in [0.29, 0.717) is 30.3 Å². The molecule has 0 aliphatic heterocycles. The predicted molar refractivity (Wildman–Crippen MR) is 90.7 cm³/mol. The molecule has 1 rings (SSSR count). The van der Waals surface area contributed by atoms with Crippen LogP contribution in [0.1, 0.15) is 32.3 Å². The first-order valence-electron chi connectivity index (χ1n) is 8.01. The third-order valence-corrected chi connectivity index (χ3v) is 3.82. The molecule has 7 heteroatoms. The number of carbonyl (C=O) groups excluding carboxylic acids is 2. The van der Waals surface area contributed by atoms with Crippen LogP contribution in [0, 0.1) is 6.92 Å². The van der Waals surface area contributed by atoms with Gasteiger partial charge in [-0.1, -0.05) is 17.7 Å². The monoisotopic (exact) mass is 356 g/mol. The molecule has 6 nitrogen and oxygen atoms in total. The standard InChI is InChI=1S/C17H25ClN2O4/c1-11(2)24-8-4-7-19-15(17(22)23)10-16(21)20-13-6-5-12(3)14(18)9-13/h5-6,9,11,15,19H,4,7-8,10H2,1-3H3,(H,20,21)(H,22,23)/t15-/m0/s1. The van der Waals surface area contributed by atoms with E-state index in [1.807, 2.05) is 20.8 Å². The van der Waals surface area contributed by atoms with Crippen LogP contribution in [0.15, 0.2) is 18.2 Å². The molecule has 24 heavy (non-hydrogen) atoms. The first-order valence-corrected chi connectivity index (χ1v) is 8.39. The van der Waals surface area contributed by atoms with Crippen molar-refractivity contribution in [2.75, 3.05) is 18.5 Å². The number of aryl methyl sites for hydroxylation is 1. The van der Waals surface area contributed by atoms with Crippen LogP contribution >= 0.6 is 11.6 Å². The quantitative estimate of drug-likeness (QED) is 0.596. The van der Waals surface area contributed by atoms with Gasteiger partial charge in [-0.25, -0.2) is 0 Å². The summed E-state index contributed by atoms with van der Waals surface area (Å²) < 4.78 is 5.39. The summed E-state index contributed by atoms with van der Waals surface area (Å²) in [5.74, 6) is -1.64. The summed E-state index contributed by atoms with van der Waals surface area (Å²) in [6.07, 6.45) is 0.685. The number of aliphatic carboxylic acids is 1. The van der Waals surface area contributed by atoms with Gasteiger partial charge in [0.25, 0.3) is 0 Å². The molecule has 0 aliphatic carbocycles. The number of rotatable bonds is 10. The van der Waals surface area contributed by atoms with Crippen molar-refractivity contribution in [2.45, 2.75) is 45.8 Å². The van der Waals surface area contributed by atoms with Crippen LogP contribution in [0.4, 0.5) is 5.69 Å². The Morgan fingerprint density at radius 2 is 2.08 bits per heavy atom. The molecule has 0 spiro atoms. The molecule has 0 bridgehead atoms. The summed E-state index contributed by atoms with van der Waals surface area (Å²) in [4.78, 5) is 23.2. The number of quaternary nitrogens is 1. The number of nitrogens with two attached hydrogens (primary N) is 1. The molecule has 0 saturated carbocycles. The molecule has 0 saturated heterocycles. The van der Waals surface area contributed by atoms with Gasteiger partial charge in [0.2, 0.25) is 5.91 Å². The Bertz CT molecular complexity index is 564. The molecule has 0 fully saturated rings. The smallest absolute Gasteiger partial charge is 0.230 e. The second kappa shape index (κ2) is 10.3. The Hall–Kier alpha value is -1.63. The number of benzene rings is 1. The van der Waals surface area contributed by atoms with Gasteiger partial charge in [-0.3, -0.25) is 4.79 Å². The van der Waals surface area contributed by atoms with Crippen LogP contribution in [0.25, 0.3) is 0 Å². The highest BCUT2D eigenvalue weighted by Crippen LogP contribution is 2.20. The van der Waals surface area contributed by atoms with Gasteiger partial charge in [0.15, 0.2) is 0 Å². The molecule has 0 aliphatic rings. The van der Waals surface area contributed by atoms with Crippen molar-refractivity contribution in [3.05, 3.63) is 28.8 Å². The number of carboxylic acid groups (broad SMARTS) is 1. The average Bonchev–Trinajstić information content (AvgIpc) is 2.49. The fraction of sp³-hybridized carbons (Fsp3) is 0.529. The van der Waals surface area contributed by atoms with E-state index in [1.54, 1.807) is 23.5 Å². The highest BCUT2D eigenvalue weighted by molar-refractivity contribution is 6.31. The fourth-order valence-corrected chi connectivity index (χ4v) is 2.25. The van der Waals surface area contributed by atoms with Crippen LogP contribution in [0.2, 0.25) is 5.02 Å². The van der Waals surface area contributed by atoms with Crippen molar-refractivity contribution in [3.8, 4) is 0 Å². The molecule has 0 aromatic heterocycles. The van der Waals surface area contributed by atoms with Gasteiger partial charge in [-0.05, 0) is 38.5 Å². The van der Waals surface area contributed by atoms with E-state index >= 15 is 0 Å². The Kier molecular flexibility index (Phi) is 8.74. The summed E-state index contributed by atoms with van der Waals surface area (Å²) in [5.41, 5.74) is 1.44. The number of nitrogens with one attached hydrogen (secondary N) is 1. The number of carboxylic acids is 1. The lowest BCUT2D eigenvalue weighted by molar-refractivity contribution is -0.682. The molecule has 1 atom stereocenters. The van der Waals surface area contributed by atoms with Gasteiger partial charge in [0.05, 0.1) is 31.6 Å². The second-order valence-corrected chi connectivity index (χ2v) is 6.35. The Morgan fingerprint density at radius 3 is 2.67 bits per heavy atom. The second-order valence-electron chi connectivity index (χ2n) is 5.94. The maximum atomic E-state index is 12.0. The Morgan fingerprint density at radius 1 is 1.38 bits per heavy atom. The number of carbonyl (C=O) groups is 2. The highest BCUT2D eigenvalue weighted by atomic mass is 35.5. The molecular formula is C17H25ClN2O4. The lowest BCUT2D eigenvalue weighted by Gasteiger charge is -2.17. The molecule has 3 N–H and O–H groups in total. The molecule has 1 aromatic carbocycles. The van der Waals surface area contributed by atoms with Gasteiger partial charge in [0, 0.05) is 17.1 Å². The third kappa shape index (κ3) is 7.77. The van der Waals surface area contributed by atoms with E-state index in [-0.39, 0.29) is 18.4 Å². The van der Waals surface area contributed by atoms with E-state index in [0.717, 1.165) is 5.56 Å². The normalized spacial score (nSPS) is 12.2. The summed E-state index contributed by atoms with van der Waals surface area (Å²) in [6, 6.07) is 4.22. The molecule has 134 valence electrons. The molecule has 0 radical (unpaired) electrons. The summed E-state index contributed by atoms with van der Waals surface area (Å²) in [5, 5.41) is 16.0. The van der Waals surface area contributed by atoms with Crippen LogP contribution in [-0.4, -0.2) is 37.2 Å². The van der Waals surface area contributed by atoms with Gasteiger partial charge < -0.3 is 25.3 Å². The van der Waals surface area contributed by atoms with Crippen molar-refractivity contribution in [3.63, 3.8) is 0 Å². The fourth-order valence-electron chi connectivity index (χ4n) is 2.07. The van der Waals surface area contributed by atoms with Gasteiger partial charge in [-0.2, -0.15) is 0 Å². The van der Waals surface area contributed by atoms with E-state index in [1.165, 1.54) is 0 Å². The van der Waals surface area contributed by atoms with Crippen LogP contribution in [-0.2, 0) is 14.3 Å². The molecule has 0 heterocycles. The maximum absolute atomic E-state index is 12.0. The number of hydrogen-bond acceptors (Lipinski definition) is 4. The number of anilines is 1. The minimum absolute atomic E-state index is 0.147. The van der Waals surface area contributed by atoms with Crippen molar-refractivity contribution >= 4 is 29.2 Å². The molecule has 0 unspecified atom stereocenters. The summed E-state index contributed by atoms with van der Waals surface area (Å²) >= 11 is 6.00. The average molecular weight is 357 g/mol. The zero-order valence-corrected chi connectivity index (χ0v) is 15.1. The first-order chi connectivity index (χ1) is 11.3.